The highest BCUT2D eigenvalue weighted by molar-refractivity contribution is 7.91. The van der Waals surface area contributed by atoms with Crippen LogP contribution in [0.25, 0.3) is 0 Å². The minimum atomic E-state index is -3.55. The minimum absolute atomic E-state index is 0.0140. The fourth-order valence-corrected chi connectivity index (χ4v) is 5.22. The molecule has 0 saturated heterocycles. The summed E-state index contributed by atoms with van der Waals surface area (Å²) in [6.45, 7) is 0.203. The fraction of sp³-hybridized carbons (Fsp3) is 0.316. The number of carbonyl (C=O) groups is 1. The fourth-order valence-electron chi connectivity index (χ4n) is 2.59. The Hall–Kier alpha value is -2.23. The van der Waals surface area contributed by atoms with E-state index in [1.807, 2.05) is 0 Å². The van der Waals surface area contributed by atoms with Crippen molar-refractivity contribution in [2.75, 3.05) is 12.3 Å². The van der Waals surface area contributed by atoms with Crippen LogP contribution in [0.1, 0.15) is 29.6 Å². The van der Waals surface area contributed by atoms with Crippen molar-refractivity contribution in [3.63, 3.8) is 0 Å². The van der Waals surface area contributed by atoms with Gasteiger partial charge in [0.2, 0.25) is 10.0 Å². The van der Waals surface area contributed by atoms with E-state index in [0.29, 0.717) is 5.56 Å². The summed E-state index contributed by atoms with van der Waals surface area (Å²) < 4.78 is 51.2. The van der Waals surface area contributed by atoms with Crippen LogP contribution >= 0.6 is 0 Å². The summed E-state index contributed by atoms with van der Waals surface area (Å²) in [5, 5.41) is 2.65. The maximum absolute atomic E-state index is 12.2. The molecule has 3 rings (SSSR count). The molecule has 2 aromatic carbocycles. The van der Waals surface area contributed by atoms with E-state index < -0.39 is 19.9 Å². The van der Waals surface area contributed by atoms with Crippen LogP contribution in [-0.4, -0.2) is 41.1 Å². The van der Waals surface area contributed by atoms with Crippen LogP contribution in [0, 0.1) is 0 Å². The van der Waals surface area contributed by atoms with Gasteiger partial charge >= 0.3 is 0 Å². The maximum Gasteiger partial charge on any atom is 0.251 e. The second-order valence-electron chi connectivity index (χ2n) is 6.66. The van der Waals surface area contributed by atoms with Crippen molar-refractivity contribution in [3.05, 3.63) is 60.2 Å². The Morgan fingerprint density at radius 1 is 0.893 bits per heavy atom. The molecule has 1 amide bonds. The molecule has 0 bridgehead atoms. The van der Waals surface area contributed by atoms with Gasteiger partial charge in [-0.2, -0.15) is 0 Å². The van der Waals surface area contributed by atoms with Crippen LogP contribution in [0.5, 0.6) is 0 Å². The van der Waals surface area contributed by atoms with E-state index in [1.165, 1.54) is 24.3 Å². The zero-order chi connectivity index (χ0) is 20.2. The molecule has 0 radical (unpaired) electrons. The lowest BCUT2D eigenvalue weighted by Gasteiger charge is -2.08. The lowest BCUT2D eigenvalue weighted by atomic mass is 10.2. The van der Waals surface area contributed by atoms with Crippen LogP contribution < -0.4 is 10.0 Å². The van der Waals surface area contributed by atoms with Gasteiger partial charge in [0.15, 0.2) is 9.84 Å². The summed E-state index contributed by atoms with van der Waals surface area (Å²) >= 11 is 0. The molecule has 2 N–H and O–H groups in total. The number of sulfonamides is 1. The average Bonchev–Trinajstić information content (AvgIpc) is 3.49. The Kier molecular flexibility index (Phi) is 6.17. The normalized spacial score (nSPS) is 14.6. The van der Waals surface area contributed by atoms with Gasteiger partial charge < -0.3 is 5.32 Å². The third-order valence-corrected chi connectivity index (χ3v) is 7.66. The lowest BCUT2D eigenvalue weighted by molar-refractivity contribution is 0.0953. The zero-order valence-electron chi connectivity index (χ0n) is 15.2. The second kappa shape index (κ2) is 8.42. The van der Waals surface area contributed by atoms with Gasteiger partial charge in [0.25, 0.3) is 5.91 Å². The first-order valence-corrected chi connectivity index (χ1v) is 12.1. The van der Waals surface area contributed by atoms with Gasteiger partial charge in [0, 0.05) is 18.2 Å². The van der Waals surface area contributed by atoms with E-state index in [-0.39, 0.29) is 40.5 Å². The van der Waals surface area contributed by atoms with Crippen molar-refractivity contribution in [1.82, 2.24) is 10.0 Å². The summed E-state index contributed by atoms with van der Waals surface area (Å²) in [5.41, 5.74) is 0.316. The molecule has 0 aliphatic heterocycles. The molecule has 2 aromatic rings. The molecule has 0 atom stereocenters. The van der Waals surface area contributed by atoms with Crippen LogP contribution in [-0.2, 0) is 19.9 Å². The summed E-state index contributed by atoms with van der Waals surface area (Å²) in [6.07, 6.45) is 1.97. The first-order valence-electron chi connectivity index (χ1n) is 8.96. The minimum Gasteiger partial charge on any atom is -0.352 e. The van der Waals surface area contributed by atoms with Crippen molar-refractivity contribution < 1.29 is 21.6 Å². The molecule has 1 aliphatic rings. The number of nitrogens with one attached hydrogen (secondary N) is 2. The van der Waals surface area contributed by atoms with Gasteiger partial charge in [-0.15, -0.1) is 0 Å². The predicted octanol–water partition coefficient (Wildman–Crippen LogP) is 1.72. The molecule has 1 aliphatic carbocycles. The van der Waals surface area contributed by atoms with Crippen molar-refractivity contribution in [3.8, 4) is 0 Å². The predicted molar refractivity (Wildman–Crippen MR) is 105 cm³/mol. The van der Waals surface area contributed by atoms with E-state index in [4.69, 9.17) is 0 Å². The number of amides is 1. The number of carbonyl (C=O) groups excluding carboxylic acids is 1. The molecule has 9 heteroatoms. The molecular weight excluding hydrogens is 400 g/mol. The van der Waals surface area contributed by atoms with Crippen molar-refractivity contribution in [2.45, 2.75) is 35.1 Å². The van der Waals surface area contributed by atoms with E-state index in [9.17, 15) is 21.6 Å². The number of hydrogen-bond donors (Lipinski definition) is 2. The number of sulfone groups is 1. The highest BCUT2D eigenvalue weighted by atomic mass is 32.2. The molecule has 0 heterocycles. The third kappa shape index (κ3) is 5.40. The number of rotatable bonds is 9. The highest BCUT2D eigenvalue weighted by Gasteiger charge is 2.27. The van der Waals surface area contributed by atoms with Crippen LogP contribution in [0.15, 0.2) is 64.4 Å². The lowest BCUT2D eigenvalue weighted by Crippen LogP contribution is -2.27. The summed E-state index contributed by atoms with van der Waals surface area (Å²) in [7, 11) is -6.93. The van der Waals surface area contributed by atoms with Gasteiger partial charge in [-0.3, -0.25) is 4.79 Å². The van der Waals surface area contributed by atoms with Gasteiger partial charge in [0.05, 0.1) is 15.5 Å². The van der Waals surface area contributed by atoms with Crippen LogP contribution in [0.3, 0.4) is 0 Å². The SMILES string of the molecule is O=C(NCCCS(=O)(=O)c1ccccc1)c1ccc(S(=O)(=O)NC2CC2)cc1. The average molecular weight is 423 g/mol. The topological polar surface area (TPSA) is 109 Å². The van der Waals surface area contributed by atoms with Crippen molar-refractivity contribution >= 4 is 25.8 Å². The molecule has 150 valence electrons. The van der Waals surface area contributed by atoms with Crippen molar-refractivity contribution in [1.29, 1.82) is 0 Å². The van der Waals surface area contributed by atoms with Gasteiger partial charge in [-0.1, -0.05) is 18.2 Å². The molecule has 1 fully saturated rings. The second-order valence-corrected chi connectivity index (χ2v) is 10.5. The molecule has 0 spiro atoms. The van der Waals surface area contributed by atoms with Gasteiger partial charge in [-0.25, -0.2) is 21.6 Å². The standard InChI is InChI=1S/C19H22N2O5S2/c22-19(20-13-4-14-27(23,24)17-5-2-1-3-6-17)15-7-11-18(12-8-15)28(25,26)21-16-9-10-16/h1-3,5-8,11-12,16,21H,4,9-10,13-14H2,(H,20,22). The number of hydrogen-bond acceptors (Lipinski definition) is 5. The Morgan fingerprint density at radius 2 is 1.54 bits per heavy atom. The molecule has 28 heavy (non-hydrogen) atoms. The van der Waals surface area contributed by atoms with Gasteiger partial charge in [-0.05, 0) is 55.7 Å². The van der Waals surface area contributed by atoms with E-state index in [0.717, 1.165) is 12.8 Å². The molecule has 7 nitrogen and oxygen atoms in total. The third-order valence-electron chi connectivity index (χ3n) is 4.30. The van der Waals surface area contributed by atoms with Gasteiger partial charge in [0.1, 0.15) is 0 Å². The molecule has 0 unspecified atom stereocenters. The summed E-state index contributed by atoms with van der Waals surface area (Å²) in [4.78, 5) is 12.5. The highest BCUT2D eigenvalue weighted by Crippen LogP contribution is 2.22. The van der Waals surface area contributed by atoms with E-state index in [1.54, 1.807) is 30.3 Å². The number of benzene rings is 2. The van der Waals surface area contributed by atoms with E-state index >= 15 is 0 Å². The summed E-state index contributed by atoms with van der Waals surface area (Å²) in [6, 6.07) is 13.8. The summed E-state index contributed by atoms with van der Waals surface area (Å²) in [5.74, 6) is -0.447. The first-order chi connectivity index (χ1) is 13.3. The largest absolute Gasteiger partial charge is 0.352 e. The molecule has 1 saturated carbocycles. The zero-order valence-corrected chi connectivity index (χ0v) is 16.8. The smallest absolute Gasteiger partial charge is 0.251 e. The van der Waals surface area contributed by atoms with Crippen LogP contribution in [0.4, 0.5) is 0 Å². The Morgan fingerprint density at radius 3 is 2.14 bits per heavy atom. The monoisotopic (exact) mass is 422 g/mol. The quantitative estimate of drug-likeness (QED) is 0.598. The van der Waals surface area contributed by atoms with E-state index in [2.05, 4.69) is 10.0 Å². The first kappa shape index (κ1) is 20.5. The maximum atomic E-state index is 12.2. The Labute approximate surface area is 165 Å². The Balaban J connectivity index is 1.50. The van der Waals surface area contributed by atoms with Crippen LogP contribution in [0.2, 0.25) is 0 Å². The molecule has 0 aromatic heterocycles. The van der Waals surface area contributed by atoms with Crippen molar-refractivity contribution in [2.24, 2.45) is 0 Å². The molecular formula is C19H22N2O5S2. The Bertz CT molecular complexity index is 1030.